The molecule has 0 saturated heterocycles. The summed E-state index contributed by atoms with van der Waals surface area (Å²) in [5, 5.41) is 2.57. The van der Waals surface area contributed by atoms with E-state index in [-0.39, 0.29) is 5.91 Å². The molecule has 0 aromatic heterocycles. The number of carbonyl (C=O) groups is 1. The summed E-state index contributed by atoms with van der Waals surface area (Å²) < 4.78 is 0. The maximum Gasteiger partial charge on any atom is 0.220 e. The third-order valence-electron chi connectivity index (χ3n) is 1.22. The van der Waals surface area contributed by atoms with Gasteiger partial charge in [0.25, 0.3) is 0 Å². The lowest BCUT2D eigenvalue weighted by atomic mass is 10.2. The van der Waals surface area contributed by atoms with Gasteiger partial charge in [0.05, 0.1) is 0 Å². The van der Waals surface area contributed by atoms with Gasteiger partial charge >= 0.3 is 0 Å². The van der Waals surface area contributed by atoms with E-state index in [9.17, 15) is 4.79 Å². The summed E-state index contributed by atoms with van der Waals surface area (Å²) in [7, 11) is 1.66. The summed E-state index contributed by atoms with van der Waals surface area (Å²) in [6, 6.07) is 0. The predicted molar refractivity (Wildman–Crippen MR) is 54.1 cm³/mol. The summed E-state index contributed by atoms with van der Waals surface area (Å²) in [4.78, 5) is 10.6. The normalized spacial score (nSPS) is 9.00. The molecule has 0 radical (unpaired) electrons. The maximum atomic E-state index is 10.6. The zero-order chi connectivity index (χ0) is 9.82. The van der Waals surface area contributed by atoms with Crippen LogP contribution in [0.1, 0.15) is 40.0 Å². The first-order valence-electron chi connectivity index (χ1n) is 4.66. The molecular formula is C10H21NO. The van der Waals surface area contributed by atoms with Crippen LogP contribution in [-0.4, -0.2) is 13.0 Å². The minimum atomic E-state index is 0.112. The Kier molecular flexibility index (Phi) is 14.8. The van der Waals surface area contributed by atoms with Gasteiger partial charge in [0.15, 0.2) is 0 Å². The lowest BCUT2D eigenvalue weighted by Gasteiger charge is -1.93. The monoisotopic (exact) mass is 171 g/mol. The highest BCUT2D eigenvalue weighted by Gasteiger charge is 1.92. The molecule has 2 nitrogen and oxygen atoms in total. The van der Waals surface area contributed by atoms with Gasteiger partial charge in [-0.15, -0.1) is 0 Å². The summed E-state index contributed by atoms with van der Waals surface area (Å²) in [5.41, 5.74) is 0. The lowest BCUT2D eigenvalue weighted by molar-refractivity contribution is -0.120. The molecule has 0 rings (SSSR count). The van der Waals surface area contributed by atoms with Gasteiger partial charge < -0.3 is 5.32 Å². The number of amides is 1. The van der Waals surface area contributed by atoms with Crippen LogP contribution in [0, 0.1) is 0 Å². The Bertz CT molecular complexity index is 119. The van der Waals surface area contributed by atoms with Crippen LogP contribution < -0.4 is 5.32 Å². The third-order valence-corrected chi connectivity index (χ3v) is 1.22. The van der Waals surface area contributed by atoms with Crippen molar-refractivity contribution < 1.29 is 4.79 Å². The predicted octanol–water partition coefficient (Wildman–Crippen LogP) is 2.50. The molecule has 1 N–H and O–H groups in total. The molecule has 12 heavy (non-hydrogen) atoms. The van der Waals surface area contributed by atoms with Gasteiger partial charge in [-0.05, 0) is 12.8 Å². The Morgan fingerprint density at radius 3 is 2.33 bits per heavy atom. The van der Waals surface area contributed by atoms with E-state index in [0.29, 0.717) is 6.42 Å². The van der Waals surface area contributed by atoms with Gasteiger partial charge in [0.2, 0.25) is 5.91 Å². The van der Waals surface area contributed by atoms with Crippen LogP contribution in [0.5, 0.6) is 0 Å². The Morgan fingerprint density at radius 2 is 1.92 bits per heavy atom. The molecule has 0 unspecified atom stereocenters. The lowest BCUT2D eigenvalue weighted by Crippen LogP contribution is -2.16. The van der Waals surface area contributed by atoms with E-state index in [2.05, 4.69) is 18.3 Å². The molecule has 0 fully saturated rings. The van der Waals surface area contributed by atoms with Crippen LogP contribution in [0.15, 0.2) is 12.2 Å². The van der Waals surface area contributed by atoms with Gasteiger partial charge in [0.1, 0.15) is 0 Å². The van der Waals surface area contributed by atoms with Crippen LogP contribution >= 0.6 is 0 Å². The van der Waals surface area contributed by atoms with Crippen molar-refractivity contribution >= 4 is 5.91 Å². The van der Waals surface area contributed by atoms with Crippen LogP contribution in [0.2, 0.25) is 0 Å². The molecule has 0 atom stereocenters. The van der Waals surface area contributed by atoms with E-state index in [1.54, 1.807) is 7.05 Å². The fourth-order valence-electron chi connectivity index (χ4n) is 0.624. The third kappa shape index (κ3) is 11.9. The van der Waals surface area contributed by atoms with Crippen LogP contribution in [-0.2, 0) is 4.79 Å². The molecule has 2 heteroatoms. The quantitative estimate of drug-likeness (QED) is 0.647. The Hall–Kier alpha value is -0.790. The van der Waals surface area contributed by atoms with E-state index >= 15 is 0 Å². The Balaban J connectivity index is 0. The Labute approximate surface area is 76.1 Å². The first-order valence-corrected chi connectivity index (χ1v) is 4.66. The SMILES string of the molecule is CC.CC/C=C/CCC(=O)NC. The van der Waals surface area contributed by atoms with Gasteiger partial charge in [0, 0.05) is 13.5 Å². The van der Waals surface area contributed by atoms with E-state index in [4.69, 9.17) is 0 Å². The molecular weight excluding hydrogens is 150 g/mol. The van der Waals surface area contributed by atoms with Crippen LogP contribution in [0.4, 0.5) is 0 Å². The molecule has 0 spiro atoms. The van der Waals surface area contributed by atoms with Crippen molar-refractivity contribution in [3.8, 4) is 0 Å². The molecule has 0 aromatic carbocycles. The smallest absolute Gasteiger partial charge is 0.220 e. The highest BCUT2D eigenvalue weighted by molar-refractivity contribution is 5.75. The fraction of sp³-hybridized carbons (Fsp3) is 0.700. The fourth-order valence-corrected chi connectivity index (χ4v) is 0.624. The van der Waals surface area contributed by atoms with E-state index in [1.165, 1.54) is 0 Å². The van der Waals surface area contributed by atoms with Crippen molar-refractivity contribution in [2.24, 2.45) is 0 Å². The van der Waals surface area contributed by atoms with Crippen LogP contribution in [0.3, 0.4) is 0 Å². The molecule has 1 amide bonds. The van der Waals surface area contributed by atoms with Crippen molar-refractivity contribution in [1.82, 2.24) is 5.32 Å². The van der Waals surface area contributed by atoms with Crippen molar-refractivity contribution in [3.05, 3.63) is 12.2 Å². The first-order chi connectivity index (χ1) is 5.81. The largest absolute Gasteiger partial charge is 0.359 e. The zero-order valence-corrected chi connectivity index (χ0v) is 8.68. The molecule has 0 aromatic rings. The molecule has 0 aliphatic carbocycles. The number of hydrogen-bond acceptors (Lipinski definition) is 1. The number of hydrogen-bond donors (Lipinski definition) is 1. The van der Waals surface area contributed by atoms with Crippen molar-refractivity contribution in [1.29, 1.82) is 0 Å². The second-order valence-electron chi connectivity index (χ2n) is 2.09. The summed E-state index contributed by atoms with van der Waals surface area (Å²) >= 11 is 0. The van der Waals surface area contributed by atoms with E-state index in [0.717, 1.165) is 12.8 Å². The number of allylic oxidation sites excluding steroid dienone is 2. The summed E-state index contributed by atoms with van der Waals surface area (Å²) in [6.07, 6.45) is 6.62. The highest BCUT2D eigenvalue weighted by atomic mass is 16.1. The highest BCUT2D eigenvalue weighted by Crippen LogP contribution is 1.91. The average Bonchev–Trinajstić information content (AvgIpc) is 2.15. The van der Waals surface area contributed by atoms with Gasteiger partial charge in [-0.2, -0.15) is 0 Å². The topological polar surface area (TPSA) is 29.1 Å². The molecule has 0 bridgehead atoms. The zero-order valence-electron chi connectivity index (χ0n) is 8.68. The maximum absolute atomic E-state index is 10.6. The van der Waals surface area contributed by atoms with Gasteiger partial charge in [-0.25, -0.2) is 0 Å². The molecule has 0 saturated carbocycles. The molecule has 0 heterocycles. The number of carbonyl (C=O) groups excluding carboxylic acids is 1. The second kappa shape index (κ2) is 12.8. The number of nitrogens with one attached hydrogen (secondary N) is 1. The summed E-state index contributed by atoms with van der Waals surface area (Å²) in [6.45, 7) is 6.08. The molecule has 0 aliphatic rings. The van der Waals surface area contributed by atoms with Gasteiger partial charge in [-0.3, -0.25) is 4.79 Å². The Morgan fingerprint density at radius 1 is 1.33 bits per heavy atom. The van der Waals surface area contributed by atoms with Crippen molar-refractivity contribution in [3.63, 3.8) is 0 Å². The standard InChI is InChI=1S/C8H15NO.C2H6/c1-3-4-5-6-7-8(10)9-2;1-2/h4-5H,3,6-7H2,1-2H3,(H,9,10);1-2H3/b5-4+;. The second-order valence-corrected chi connectivity index (χ2v) is 2.09. The minimum Gasteiger partial charge on any atom is -0.359 e. The number of rotatable bonds is 4. The summed E-state index contributed by atoms with van der Waals surface area (Å²) in [5.74, 6) is 0.112. The van der Waals surface area contributed by atoms with Crippen molar-refractivity contribution in [2.75, 3.05) is 7.05 Å². The van der Waals surface area contributed by atoms with E-state index in [1.807, 2.05) is 19.9 Å². The van der Waals surface area contributed by atoms with Gasteiger partial charge in [-0.1, -0.05) is 32.9 Å². The van der Waals surface area contributed by atoms with Crippen molar-refractivity contribution in [2.45, 2.75) is 40.0 Å². The van der Waals surface area contributed by atoms with Crippen LogP contribution in [0.25, 0.3) is 0 Å². The average molecular weight is 171 g/mol. The first kappa shape index (κ1) is 13.8. The molecule has 72 valence electrons. The molecule has 0 aliphatic heterocycles. The van der Waals surface area contributed by atoms with E-state index < -0.39 is 0 Å². The minimum absolute atomic E-state index is 0.112.